The van der Waals surface area contributed by atoms with E-state index in [4.69, 9.17) is 0 Å². The molecule has 0 fully saturated rings. The molecule has 2 rings (SSSR count). The van der Waals surface area contributed by atoms with E-state index in [9.17, 15) is 0 Å². The van der Waals surface area contributed by atoms with Crippen molar-refractivity contribution in [1.82, 2.24) is 0 Å². The fraction of sp³-hybridized carbons (Fsp3) is 0.556. The molecule has 0 bridgehead atoms. The van der Waals surface area contributed by atoms with Gasteiger partial charge in [-0.2, -0.15) is 0 Å². The van der Waals surface area contributed by atoms with E-state index in [1.807, 2.05) is 0 Å². The monoisotopic (exact) mass is 492 g/mol. The molecular formula is C18H26Cl2Hf. The van der Waals surface area contributed by atoms with Gasteiger partial charge < -0.3 is 24.8 Å². The molecular weight excluding hydrogens is 466 g/mol. The summed E-state index contributed by atoms with van der Waals surface area (Å²) < 4.78 is 0.902. The van der Waals surface area contributed by atoms with Crippen LogP contribution in [0, 0.1) is 0 Å². The van der Waals surface area contributed by atoms with Crippen LogP contribution in [0.2, 0.25) is 6.34 Å². The molecule has 0 saturated carbocycles. The van der Waals surface area contributed by atoms with E-state index in [0.29, 0.717) is 6.34 Å². The van der Waals surface area contributed by atoms with Crippen molar-refractivity contribution in [1.29, 1.82) is 0 Å². The molecule has 0 heterocycles. The van der Waals surface area contributed by atoms with Gasteiger partial charge in [0.05, 0.1) is 0 Å². The van der Waals surface area contributed by atoms with Crippen molar-refractivity contribution < 1.29 is 47.7 Å². The van der Waals surface area contributed by atoms with E-state index in [1.165, 1.54) is 12.8 Å². The number of halogens is 2. The van der Waals surface area contributed by atoms with Crippen LogP contribution >= 0.6 is 0 Å². The van der Waals surface area contributed by atoms with Gasteiger partial charge in [0.2, 0.25) is 0 Å². The smallest absolute Gasteiger partial charge is 1.00 e. The summed E-state index contributed by atoms with van der Waals surface area (Å²) in [7, 11) is 0. The minimum atomic E-state index is -0.903. The topological polar surface area (TPSA) is 0 Å². The van der Waals surface area contributed by atoms with Gasteiger partial charge in [0.25, 0.3) is 0 Å². The number of rotatable bonds is 4. The van der Waals surface area contributed by atoms with Crippen LogP contribution in [0.5, 0.6) is 0 Å². The van der Waals surface area contributed by atoms with Gasteiger partial charge in [-0.05, 0) is 0 Å². The Balaban J connectivity index is 0.00000200. The van der Waals surface area contributed by atoms with E-state index >= 15 is 0 Å². The van der Waals surface area contributed by atoms with Gasteiger partial charge >= 0.3 is 130 Å². The second-order valence-electron chi connectivity index (χ2n) is 6.26. The summed E-state index contributed by atoms with van der Waals surface area (Å²) >= 11 is -0.903. The molecule has 0 radical (unpaired) electrons. The molecule has 0 amide bonds. The van der Waals surface area contributed by atoms with Crippen LogP contribution in [0.15, 0.2) is 46.6 Å². The fourth-order valence-corrected chi connectivity index (χ4v) is 12.2. The molecule has 0 aliphatic heterocycles. The summed E-state index contributed by atoms with van der Waals surface area (Å²) in [5, 5.41) is 0. The maximum atomic E-state index is 2.53. The van der Waals surface area contributed by atoms with Gasteiger partial charge in [0.1, 0.15) is 0 Å². The Morgan fingerprint density at radius 2 is 1.33 bits per heavy atom. The summed E-state index contributed by atoms with van der Waals surface area (Å²) in [4.78, 5) is 0. The summed E-state index contributed by atoms with van der Waals surface area (Å²) in [5.74, 6) is 0. The van der Waals surface area contributed by atoms with Crippen LogP contribution in [-0.4, -0.2) is 0 Å². The van der Waals surface area contributed by atoms with Crippen molar-refractivity contribution in [3.05, 3.63) is 46.6 Å². The molecule has 0 atom stereocenters. The molecule has 0 N–H and O–H groups in total. The standard InChI is InChI=1S/C10H15.C8H11.2ClH.Hf/c1-6-7(2)9(4)10(5)8(6)3;1-2-5-8-6-3-4-7-8;;;/h1-5H3;3-4,6-7H,2,5H2,1H3;2*1H;/q;;;;+2/p-2. The summed E-state index contributed by atoms with van der Waals surface area (Å²) in [6, 6.07) is 0. The zero-order chi connectivity index (χ0) is 14.3. The van der Waals surface area contributed by atoms with E-state index in [-0.39, 0.29) is 24.8 Å². The van der Waals surface area contributed by atoms with Gasteiger partial charge in [-0.1, -0.05) is 0 Å². The zero-order valence-corrected chi connectivity index (χ0v) is 19.1. The molecule has 2 aliphatic carbocycles. The van der Waals surface area contributed by atoms with Crippen LogP contribution in [0.4, 0.5) is 0 Å². The number of allylic oxidation sites excluding steroid dienone is 8. The van der Waals surface area contributed by atoms with E-state index in [0.717, 1.165) is 0 Å². The second-order valence-corrected chi connectivity index (χ2v) is 14.1. The van der Waals surface area contributed by atoms with Crippen molar-refractivity contribution in [3.8, 4) is 0 Å². The molecule has 0 nitrogen and oxygen atoms in total. The number of hydrogen-bond donors (Lipinski definition) is 0. The molecule has 0 spiro atoms. The van der Waals surface area contributed by atoms with Gasteiger partial charge in [0, 0.05) is 0 Å². The Kier molecular flexibility index (Phi) is 7.95. The largest absolute Gasteiger partial charge is 1.00 e. The minimum absolute atomic E-state index is 0. The summed E-state index contributed by atoms with van der Waals surface area (Å²) in [5.41, 5.74) is 6.44. The molecule has 2 aliphatic rings. The third-order valence-electron chi connectivity index (χ3n) is 5.23. The van der Waals surface area contributed by atoms with Crippen LogP contribution in [-0.2, 0) is 22.9 Å². The molecule has 0 saturated heterocycles. The maximum Gasteiger partial charge on any atom is -1.00 e. The molecule has 0 aromatic heterocycles. The summed E-state index contributed by atoms with van der Waals surface area (Å²) in [6.07, 6.45) is 12.2. The molecule has 0 aromatic carbocycles. The third-order valence-corrected chi connectivity index (χ3v) is 13.5. The maximum absolute atomic E-state index is 2.53. The Bertz CT molecular complexity index is 473. The molecule has 0 unspecified atom stereocenters. The normalized spacial score (nSPS) is 21.2. The van der Waals surface area contributed by atoms with Crippen molar-refractivity contribution in [2.24, 2.45) is 0 Å². The van der Waals surface area contributed by atoms with Gasteiger partial charge in [-0.15, -0.1) is 0 Å². The first kappa shape index (κ1) is 21.4. The molecule has 0 aromatic rings. The predicted octanol–water partition coefficient (Wildman–Crippen LogP) is 0.0267. The Morgan fingerprint density at radius 3 is 1.71 bits per heavy atom. The van der Waals surface area contributed by atoms with Crippen LogP contribution in [0.1, 0.15) is 54.4 Å². The first-order valence-corrected chi connectivity index (χ1v) is 11.0. The van der Waals surface area contributed by atoms with E-state index in [2.05, 4.69) is 65.8 Å². The first-order chi connectivity index (χ1) is 8.86. The van der Waals surface area contributed by atoms with Crippen molar-refractivity contribution in [3.63, 3.8) is 0 Å². The van der Waals surface area contributed by atoms with Crippen LogP contribution < -0.4 is 24.8 Å². The molecule has 21 heavy (non-hydrogen) atoms. The van der Waals surface area contributed by atoms with E-state index < -0.39 is 22.9 Å². The van der Waals surface area contributed by atoms with Gasteiger partial charge in [-0.3, -0.25) is 0 Å². The Hall–Kier alpha value is 0.410. The fourth-order valence-electron chi connectivity index (χ4n) is 3.48. The molecule has 116 valence electrons. The second kappa shape index (κ2) is 7.79. The van der Waals surface area contributed by atoms with Gasteiger partial charge in [-0.25, -0.2) is 0 Å². The average molecular weight is 492 g/mol. The quantitative estimate of drug-likeness (QED) is 0.487. The van der Waals surface area contributed by atoms with Crippen LogP contribution in [0.25, 0.3) is 0 Å². The third kappa shape index (κ3) is 3.67. The minimum Gasteiger partial charge on any atom is -1.00 e. The van der Waals surface area contributed by atoms with Crippen molar-refractivity contribution >= 4 is 0 Å². The first-order valence-electron chi connectivity index (χ1n) is 7.39. The molecule has 3 heteroatoms. The van der Waals surface area contributed by atoms with Crippen molar-refractivity contribution in [2.45, 2.75) is 60.7 Å². The van der Waals surface area contributed by atoms with Gasteiger partial charge in [0.15, 0.2) is 0 Å². The SMILES string of the molecule is CCC[C]1([Hf+2][C]2(C)C(C)=C(C)C(C)=C2C)C=CC=C1.[Cl-].[Cl-]. The zero-order valence-electron chi connectivity index (χ0n) is 14.0. The Labute approximate surface area is 154 Å². The van der Waals surface area contributed by atoms with E-state index in [1.54, 1.807) is 22.3 Å². The summed E-state index contributed by atoms with van der Waals surface area (Å²) in [6.45, 7) is 14.2. The van der Waals surface area contributed by atoms with Crippen molar-refractivity contribution in [2.75, 3.05) is 0 Å². The Morgan fingerprint density at radius 1 is 0.905 bits per heavy atom. The predicted molar refractivity (Wildman–Crippen MR) is 81.0 cm³/mol. The average Bonchev–Trinajstić information content (AvgIpc) is 2.87. The number of hydrogen-bond acceptors (Lipinski definition) is 0. The van der Waals surface area contributed by atoms with Crippen LogP contribution in [0.3, 0.4) is 0 Å².